The van der Waals surface area contributed by atoms with Crippen molar-refractivity contribution in [3.8, 4) is 11.8 Å². The molecule has 142 valence electrons. The highest BCUT2D eigenvalue weighted by Gasteiger charge is 2.43. The van der Waals surface area contributed by atoms with E-state index in [4.69, 9.17) is 4.74 Å². The average Bonchev–Trinajstić information content (AvgIpc) is 3.43. The van der Waals surface area contributed by atoms with E-state index in [1.165, 1.54) is 6.07 Å². The molecular weight excluding hydrogens is 347 g/mol. The van der Waals surface area contributed by atoms with Crippen molar-refractivity contribution in [2.45, 2.75) is 44.8 Å². The van der Waals surface area contributed by atoms with E-state index in [9.17, 15) is 23.2 Å². The van der Waals surface area contributed by atoms with Crippen LogP contribution in [-0.2, 0) is 11.0 Å². The summed E-state index contributed by atoms with van der Waals surface area (Å²) in [5.74, 6) is -0.0915. The molecule has 1 fully saturated rings. The van der Waals surface area contributed by atoms with Gasteiger partial charge in [-0.15, -0.1) is 0 Å². The van der Waals surface area contributed by atoms with Crippen molar-refractivity contribution in [3.05, 3.63) is 23.8 Å². The summed E-state index contributed by atoms with van der Waals surface area (Å²) in [6.45, 7) is 3.63. The van der Waals surface area contributed by atoms with Crippen molar-refractivity contribution in [3.63, 3.8) is 0 Å². The van der Waals surface area contributed by atoms with E-state index in [-0.39, 0.29) is 23.9 Å². The number of carbonyl (C=O) groups excluding carboxylic acids is 1. The van der Waals surface area contributed by atoms with E-state index in [0.717, 1.165) is 25.0 Å². The molecule has 0 spiro atoms. The molecular formula is C18H22F3N3O2. The van der Waals surface area contributed by atoms with Gasteiger partial charge in [0.25, 0.3) is 0 Å². The summed E-state index contributed by atoms with van der Waals surface area (Å²) in [4.78, 5) is 12.1. The zero-order valence-electron chi connectivity index (χ0n) is 14.7. The summed E-state index contributed by atoms with van der Waals surface area (Å²) < 4.78 is 44.2. The molecule has 0 heterocycles. The van der Waals surface area contributed by atoms with Crippen LogP contribution in [0, 0.1) is 17.2 Å². The number of ether oxygens (including phenoxy) is 1. The molecule has 1 aliphatic carbocycles. The Morgan fingerprint density at radius 2 is 2.08 bits per heavy atom. The number of nitrogens with one attached hydrogen (secondary N) is 2. The summed E-state index contributed by atoms with van der Waals surface area (Å²) in [6.07, 6.45) is -2.04. The summed E-state index contributed by atoms with van der Waals surface area (Å²) in [6, 6.07) is 5.20. The zero-order chi connectivity index (χ0) is 19.4. The van der Waals surface area contributed by atoms with Gasteiger partial charge in [-0.1, -0.05) is 6.92 Å². The Hall–Kier alpha value is -2.43. The maximum atomic E-state index is 12.9. The Labute approximate surface area is 150 Å². The van der Waals surface area contributed by atoms with Crippen LogP contribution in [0.4, 0.5) is 18.9 Å². The number of carbonyl (C=O) groups is 1. The highest BCUT2D eigenvalue weighted by Crippen LogP contribution is 2.39. The minimum atomic E-state index is -4.49. The fourth-order valence-electron chi connectivity index (χ4n) is 2.57. The fourth-order valence-corrected chi connectivity index (χ4v) is 2.57. The van der Waals surface area contributed by atoms with Crippen LogP contribution in [0.1, 0.15) is 38.7 Å². The average molecular weight is 369 g/mol. The van der Waals surface area contributed by atoms with Gasteiger partial charge in [-0.3, -0.25) is 4.79 Å². The lowest BCUT2D eigenvalue weighted by molar-refractivity contribution is -0.137. The van der Waals surface area contributed by atoms with Crippen molar-refractivity contribution < 1.29 is 22.7 Å². The first-order valence-corrected chi connectivity index (χ1v) is 8.49. The molecule has 2 rings (SSSR count). The van der Waals surface area contributed by atoms with Crippen molar-refractivity contribution in [1.82, 2.24) is 5.32 Å². The normalized spacial score (nSPS) is 16.3. The van der Waals surface area contributed by atoms with E-state index >= 15 is 0 Å². The molecule has 1 saturated carbocycles. The Kier molecular flexibility index (Phi) is 6.01. The summed E-state index contributed by atoms with van der Waals surface area (Å²) in [7, 11) is 0. The molecule has 0 aromatic heterocycles. The predicted octanol–water partition coefficient (Wildman–Crippen LogP) is 3.71. The summed E-state index contributed by atoms with van der Waals surface area (Å²) >= 11 is 0. The monoisotopic (exact) mass is 369 g/mol. The van der Waals surface area contributed by atoms with Crippen molar-refractivity contribution in [2.75, 3.05) is 18.5 Å². The Bertz CT molecular complexity index is 696. The Morgan fingerprint density at radius 3 is 2.62 bits per heavy atom. The molecule has 1 atom stereocenters. The third-order valence-electron chi connectivity index (χ3n) is 4.23. The minimum Gasteiger partial charge on any atom is -0.491 e. The van der Waals surface area contributed by atoms with E-state index in [1.807, 2.05) is 6.92 Å². The molecule has 26 heavy (non-hydrogen) atoms. The van der Waals surface area contributed by atoms with E-state index < -0.39 is 23.2 Å². The van der Waals surface area contributed by atoms with Gasteiger partial charge in [0.2, 0.25) is 5.91 Å². The van der Waals surface area contributed by atoms with Crippen LogP contribution in [0.3, 0.4) is 0 Å². The number of halogens is 3. The number of alkyl halides is 3. The lowest BCUT2D eigenvalue weighted by atomic mass is 9.98. The first-order valence-electron chi connectivity index (χ1n) is 8.49. The summed E-state index contributed by atoms with van der Waals surface area (Å²) in [5.41, 5.74) is -1.69. The van der Waals surface area contributed by atoms with Crippen LogP contribution in [0.2, 0.25) is 0 Å². The first kappa shape index (κ1) is 19.9. The smallest absolute Gasteiger partial charge is 0.416 e. The van der Waals surface area contributed by atoms with Crippen molar-refractivity contribution in [2.24, 2.45) is 5.92 Å². The SMILES string of the molecule is CCCOc1ccc(C(F)(F)F)cc1NCC(=O)NC(C)(C#N)C1CC1. The van der Waals surface area contributed by atoms with E-state index in [1.54, 1.807) is 6.92 Å². The van der Waals surface area contributed by atoms with Crippen molar-refractivity contribution in [1.29, 1.82) is 5.26 Å². The molecule has 2 N–H and O–H groups in total. The van der Waals surface area contributed by atoms with Gasteiger partial charge in [0.1, 0.15) is 11.3 Å². The third-order valence-corrected chi connectivity index (χ3v) is 4.23. The number of hydrogen-bond acceptors (Lipinski definition) is 4. The van der Waals surface area contributed by atoms with Gasteiger partial charge in [0, 0.05) is 0 Å². The maximum absolute atomic E-state index is 12.9. The molecule has 1 amide bonds. The van der Waals surface area contributed by atoms with Crippen LogP contribution in [-0.4, -0.2) is 24.6 Å². The van der Waals surface area contributed by atoms with Crippen LogP contribution in [0.25, 0.3) is 0 Å². The Morgan fingerprint density at radius 1 is 1.38 bits per heavy atom. The fraction of sp³-hybridized carbons (Fsp3) is 0.556. The predicted molar refractivity (Wildman–Crippen MR) is 90.6 cm³/mol. The van der Waals surface area contributed by atoms with Crippen LogP contribution >= 0.6 is 0 Å². The number of benzene rings is 1. The quantitative estimate of drug-likeness (QED) is 0.733. The molecule has 0 aliphatic heterocycles. The number of anilines is 1. The van der Waals surface area contributed by atoms with Gasteiger partial charge in [-0.05, 0) is 50.3 Å². The second-order valence-corrected chi connectivity index (χ2v) is 6.55. The van der Waals surface area contributed by atoms with Gasteiger partial charge in [0.05, 0.1) is 30.5 Å². The van der Waals surface area contributed by atoms with Crippen LogP contribution in [0.5, 0.6) is 5.75 Å². The molecule has 1 aromatic carbocycles. The van der Waals surface area contributed by atoms with Crippen LogP contribution in [0.15, 0.2) is 18.2 Å². The highest BCUT2D eigenvalue weighted by atomic mass is 19.4. The van der Waals surface area contributed by atoms with E-state index in [2.05, 4.69) is 16.7 Å². The van der Waals surface area contributed by atoms with Gasteiger partial charge in [0.15, 0.2) is 0 Å². The zero-order valence-corrected chi connectivity index (χ0v) is 14.7. The molecule has 1 unspecified atom stereocenters. The number of rotatable bonds is 8. The largest absolute Gasteiger partial charge is 0.491 e. The number of nitriles is 1. The lowest BCUT2D eigenvalue weighted by Crippen LogP contribution is -2.48. The second kappa shape index (κ2) is 7.85. The molecule has 0 bridgehead atoms. The van der Waals surface area contributed by atoms with E-state index in [0.29, 0.717) is 13.0 Å². The van der Waals surface area contributed by atoms with Gasteiger partial charge < -0.3 is 15.4 Å². The Balaban J connectivity index is 2.08. The molecule has 0 radical (unpaired) electrons. The van der Waals surface area contributed by atoms with Gasteiger partial charge >= 0.3 is 6.18 Å². The van der Waals surface area contributed by atoms with Crippen LogP contribution < -0.4 is 15.4 Å². The molecule has 8 heteroatoms. The van der Waals surface area contributed by atoms with Crippen molar-refractivity contribution >= 4 is 11.6 Å². The third kappa shape index (κ3) is 5.04. The summed E-state index contributed by atoms with van der Waals surface area (Å²) in [5, 5.41) is 14.6. The molecule has 1 aromatic rings. The highest BCUT2D eigenvalue weighted by molar-refractivity contribution is 5.82. The van der Waals surface area contributed by atoms with Gasteiger partial charge in [-0.25, -0.2) is 0 Å². The molecule has 1 aliphatic rings. The number of hydrogen-bond donors (Lipinski definition) is 2. The number of amides is 1. The van der Waals surface area contributed by atoms with Gasteiger partial charge in [-0.2, -0.15) is 18.4 Å². The standard InChI is InChI=1S/C18H22F3N3O2/c1-3-8-26-15-7-6-13(18(19,20)21)9-14(15)23-10-16(25)24-17(2,11-22)12-4-5-12/h6-7,9,12,23H,3-5,8,10H2,1-2H3,(H,24,25). The minimum absolute atomic E-state index is 0.0912. The number of nitrogens with zero attached hydrogens (tertiary/aromatic N) is 1. The molecule has 5 nitrogen and oxygen atoms in total. The lowest BCUT2D eigenvalue weighted by Gasteiger charge is -2.23. The first-order chi connectivity index (χ1) is 12.2. The topological polar surface area (TPSA) is 74.2 Å². The maximum Gasteiger partial charge on any atom is 0.416 e. The second-order valence-electron chi connectivity index (χ2n) is 6.55. The molecule has 0 saturated heterocycles.